The predicted molar refractivity (Wildman–Crippen MR) is 103 cm³/mol. The van der Waals surface area contributed by atoms with Gasteiger partial charge in [-0.1, -0.05) is 11.6 Å². The van der Waals surface area contributed by atoms with Crippen molar-refractivity contribution in [3.8, 4) is 5.75 Å². The van der Waals surface area contributed by atoms with Crippen LogP contribution in [0, 0.1) is 0 Å². The van der Waals surface area contributed by atoms with E-state index in [1.165, 1.54) is 18.6 Å². The van der Waals surface area contributed by atoms with Crippen LogP contribution in [-0.4, -0.2) is 31.2 Å². The molecule has 0 atom stereocenters. The maximum absolute atomic E-state index is 11.4. The zero-order valence-corrected chi connectivity index (χ0v) is 15.1. The van der Waals surface area contributed by atoms with Crippen LogP contribution in [0.15, 0.2) is 40.4 Å². The lowest BCUT2D eigenvalue weighted by Gasteiger charge is -2.30. The number of piperidine rings is 1. The number of hydrogen-bond acceptors (Lipinski definition) is 5. The Morgan fingerprint density at radius 3 is 2.68 bits per heavy atom. The average Bonchev–Trinajstić information content (AvgIpc) is 2.61. The van der Waals surface area contributed by atoms with Crippen LogP contribution in [-0.2, 0) is 4.79 Å². The molecule has 0 amide bonds. The Kier molecular flexibility index (Phi) is 5.43. The number of allylic oxidation sites excluding steroid dienone is 4. The number of halogens is 1. The summed E-state index contributed by atoms with van der Waals surface area (Å²) in [7, 11) is 0. The van der Waals surface area contributed by atoms with Gasteiger partial charge in [0.05, 0.1) is 34.4 Å². The van der Waals surface area contributed by atoms with E-state index in [1.54, 1.807) is 6.08 Å². The fourth-order valence-electron chi connectivity index (χ4n) is 3.04. The third-order valence-corrected chi connectivity index (χ3v) is 4.57. The zero-order chi connectivity index (χ0) is 17.8. The molecule has 3 rings (SSSR count). The van der Waals surface area contributed by atoms with Gasteiger partial charge in [-0.15, -0.1) is 0 Å². The number of hydrogen-bond donors (Lipinski definition) is 1. The molecule has 5 nitrogen and oxygen atoms in total. The summed E-state index contributed by atoms with van der Waals surface area (Å²) < 4.78 is 5.62. The van der Waals surface area contributed by atoms with Gasteiger partial charge in [0.15, 0.2) is 5.78 Å². The second-order valence-electron chi connectivity index (χ2n) is 6.08. The van der Waals surface area contributed by atoms with E-state index in [4.69, 9.17) is 27.1 Å². The number of rotatable bonds is 4. The molecule has 1 heterocycles. The molecule has 1 aromatic rings. The molecule has 1 saturated heterocycles. The van der Waals surface area contributed by atoms with Crippen molar-refractivity contribution < 1.29 is 9.53 Å². The van der Waals surface area contributed by atoms with Crippen molar-refractivity contribution in [1.82, 2.24) is 0 Å². The van der Waals surface area contributed by atoms with Crippen molar-refractivity contribution in [2.45, 2.75) is 26.2 Å². The molecule has 0 bridgehead atoms. The number of nitrogens with zero attached hydrogens (tertiary/aromatic N) is 2. The lowest BCUT2D eigenvalue weighted by molar-refractivity contribution is -0.110. The summed E-state index contributed by atoms with van der Waals surface area (Å²) in [5.74, 6) is 0.478. The quantitative estimate of drug-likeness (QED) is 0.652. The van der Waals surface area contributed by atoms with Gasteiger partial charge in [0.25, 0.3) is 0 Å². The number of aliphatic imine (C=N–C) groups is 1. The largest absolute Gasteiger partial charge is 0.492 e. The second kappa shape index (κ2) is 7.74. The number of carbonyl (C=O) groups is 1. The zero-order valence-electron chi connectivity index (χ0n) is 14.3. The van der Waals surface area contributed by atoms with E-state index in [2.05, 4.69) is 4.90 Å². The van der Waals surface area contributed by atoms with Crippen molar-refractivity contribution >= 4 is 40.2 Å². The molecule has 0 unspecified atom stereocenters. The third-order valence-electron chi connectivity index (χ3n) is 4.26. The highest BCUT2D eigenvalue weighted by molar-refractivity contribution is 6.48. The minimum atomic E-state index is -0.132. The Balaban J connectivity index is 2.05. The van der Waals surface area contributed by atoms with Gasteiger partial charge < -0.3 is 15.4 Å². The summed E-state index contributed by atoms with van der Waals surface area (Å²) >= 11 is 6.19. The smallest absolute Gasteiger partial charge is 0.180 e. The van der Waals surface area contributed by atoms with E-state index in [-0.39, 0.29) is 5.78 Å². The van der Waals surface area contributed by atoms with Crippen LogP contribution in [0.2, 0.25) is 0 Å². The van der Waals surface area contributed by atoms with Crippen molar-refractivity contribution in [2.75, 3.05) is 30.3 Å². The summed E-state index contributed by atoms with van der Waals surface area (Å²) in [6.07, 6.45) is 8.03. The molecule has 0 saturated carbocycles. The summed E-state index contributed by atoms with van der Waals surface area (Å²) in [4.78, 5) is 18.4. The molecule has 132 valence electrons. The first kappa shape index (κ1) is 17.5. The lowest BCUT2D eigenvalue weighted by atomic mass is 10.1. The van der Waals surface area contributed by atoms with Crippen LogP contribution in [0.5, 0.6) is 5.75 Å². The van der Waals surface area contributed by atoms with E-state index < -0.39 is 0 Å². The first-order valence-electron chi connectivity index (χ1n) is 8.58. The normalized spacial score (nSPS) is 19.3. The van der Waals surface area contributed by atoms with Gasteiger partial charge >= 0.3 is 0 Å². The van der Waals surface area contributed by atoms with Gasteiger partial charge in [-0.2, -0.15) is 0 Å². The SMILES string of the molecule is CCOc1cc(N=C2C=CC(=O)C=C2Cl)c(N2CCCCC2)cc1N. The van der Waals surface area contributed by atoms with Crippen LogP contribution in [0.4, 0.5) is 17.1 Å². The van der Waals surface area contributed by atoms with Gasteiger partial charge in [0.1, 0.15) is 5.75 Å². The fraction of sp³-hybridized carbons (Fsp3) is 0.368. The molecule has 2 N–H and O–H groups in total. The van der Waals surface area contributed by atoms with E-state index >= 15 is 0 Å². The summed E-state index contributed by atoms with van der Waals surface area (Å²) in [6, 6.07) is 3.77. The first-order chi connectivity index (χ1) is 12.1. The van der Waals surface area contributed by atoms with Crippen LogP contribution in [0.3, 0.4) is 0 Å². The molecule has 25 heavy (non-hydrogen) atoms. The number of anilines is 2. The van der Waals surface area contributed by atoms with Crippen LogP contribution in [0.1, 0.15) is 26.2 Å². The monoisotopic (exact) mass is 359 g/mol. The second-order valence-corrected chi connectivity index (χ2v) is 6.49. The highest BCUT2D eigenvalue weighted by atomic mass is 35.5. The molecule has 0 spiro atoms. The summed E-state index contributed by atoms with van der Waals surface area (Å²) in [5, 5.41) is 0.340. The van der Waals surface area contributed by atoms with Crippen molar-refractivity contribution in [1.29, 1.82) is 0 Å². The Morgan fingerprint density at radius 1 is 1.24 bits per heavy atom. The molecular formula is C19H22ClN3O2. The molecule has 0 radical (unpaired) electrons. The van der Waals surface area contributed by atoms with E-state index in [9.17, 15) is 4.79 Å². The Labute approximate surface area is 152 Å². The molecular weight excluding hydrogens is 338 g/mol. The maximum atomic E-state index is 11.4. The van der Waals surface area contributed by atoms with Crippen molar-refractivity contribution in [3.05, 3.63) is 35.4 Å². The molecule has 2 aliphatic rings. The molecule has 6 heteroatoms. The van der Waals surface area contributed by atoms with E-state index in [1.807, 2.05) is 19.1 Å². The number of nitrogen functional groups attached to an aromatic ring is 1. The standard InChI is InChI=1S/C19H22ClN3O2/c1-2-25-19-12-17(22-16-7-6-13(24)10-14(16)20)18(11-15(19)21)23-8-4-3-5-9-23/h6-7,10-12H,2-5,8-9,21H2,1H3. The minimum absolute atomic E-state index is 0.132. The lowest BCUT2D eigenvalue weighted by Crippen LogP contribution is -2.29. The molecule has 1 fully saturated rings. The molecule has 1 aromatic carbocycles. The number of nitrogens with two attached hydrogens (primary N) is 1. The number of ether oxygens (including phenoxy) is 1. The fourth-order valence-corrected chi connectivity index (χ4v) is 3.25. The van der Waals surface area contributed by atoms with Gasteiger partial charge in [-0.05, 0) is 44.4 Å². The van der Waals surface area contributed by atoms with Gasteiger partial charge in [-0.3, -0.25) is 4.79 Å². The summed E-state index contributed by atoms with van der Waals surface area (Å²) in [6.45, 7) is 4.39. The third kappa shape index (κ3) is 4.04. The topological polar surface area (TPSA) is 67.9 Å². The van der Waals surface area contributed by atoms with Crippen LogP contribution in [0.25, 0.3) is 0 Å². The predicted octanol–water partition coefficient (Wildman–Crippen LogP) is 3.99. The Bertz CT molecular complexity index is 762. The van der Waals surface area contributed by atoms with Gasteiger partial charge in [-0.25, -0.2) is 4.99 Å². The minimum Gasteiger partial charge on any atom is -0.492 e. The summed E-state index contributed by atoms with van der Waals surface area (Å²) in [5.41, 5.74) is 9.05. The van der Waals surface area contributed by atoms with Gasteiger partial charge in [0.2, 0.25) is 0 Å². The van der Waals surface area contributed by atoms with Gasteiger partial charge in [0, 0.05) is 25.2 Å². The average molecular weight is 360 g/mol. The van der Waals surface area contributed by atoms with E-state index in [0.29, 0.717) is 28.8 Å². The Morgan fingerprint density at radius 2 is 2.00 bits per heavy atom. The van der Waals surface area contributed by atoms with Crippen molar-refractivity contribution in [3.63, 3.8) is 0 Å². The molecule has 1 aliphatic carbocycles. The first-order valence-corrected chi connectivity index (χ1v) is 8.96. The van der Waals surface area contributed by atoms with Crippen LogP contribution < -0.4 is 15.4 Å². The van der Waals surface area contributed by atoms with E-state index in [0.717, 1.165) is 37.3 Å². The number of ketones is 1. The van der Waals surface area contributed by atoms with Crippen LogP contribution >= 0.6 is 11.6 Å². The highest BCUT2D eigenvalue weighted by Crippen LogP contribution is 2.39. The molecule has 1 aliphatic heterocycles. The number of benzene rings is 1. The molecule has 0 aromatic heterocycles. The Hall–Kier alpha value is -2.27. The highest BCUT2D eigenvalue weighted by Gasteiger charge is 2.18. The van der Waals surface area contributed by atoms with Crippen molar-refractivity contribution in [2.24, 2.45) is 4.99 Å². The maximum Gasteiger partial charge on any atom is 0.180 e. The number of carbonyl (C=O) groups excluding carboxylic acids is 1.